The van der Waals surface area contributed by atoms with Crippen LogP contribution in [0.2, 0.25) is 0 Å². The summed E-state index contributed by atoms with van der Waals surface area (Å²) >= 11 is 0. The van der Waals surface area contributed by atoms with Crippen LogP contribution in [0.15, 0.2) is 0 Å². The standard InChI is InChI=1S/C11H18N2/c1-5-6-7-8-9-10-11-13(4)12(2)3/h5-7H2,1-4H3. The van der Waals surface area contributed by atoms with Crippen molar-refractivity contribution in [3.8, 4) is 23.8 Å². The first-order valence-electron chi connectivity index (χ1n) is 4.58. The summed E-state index contributed by atoms with van der Waals surface area (Å²) in [4.78, 5) is 0. The van der Waals surface area contributed by atoms with Gasteiger partial charge in [-0.1, -0.05) is 19.3 Å². The monoisotopic (exact) mass is 178 g/mol. The summed E-state index contributed by atoms with van der Waals surface area (Å²) in [5.74, 6) is 8.64. The average Bonchev–Trinajstić information content (AvgIpc) is 2.10. The van der Waals surface area contributed by atoms with Crippen LogP contribution < -0.4 is 0 Å². The van der Waals surface area contributed by atoms with Crippen LogP contribution in [0, 0.1) is 23.8 Å². The minimum Gasteiger partial charge on any atom is -0.267 e. The molecule has 0 aromatic heterocycles. The molecule has 0 unspecified atom stereocenters. The van der Waals surface area contributed by atoms with Gasteiger partial charge in [0.05, 0.1) is 0 Å². The van der Waals surface area contributed by atoms with Gasteiger partial charge in [0.25, 0.3) is 0 Å². The van der Waals surface area contributed by atoms with Gasteiger partial charge in [0.2, 0.25) is 0 Å². The summed E-state index contributed by atoms with van der Waals surface area (Å²) in [5.41, 5.74) is 0. The first-order valence-corrected chi connectivity index (χ1v) is 4.58. The second-order valence-corrected chi connectivity index (χ2v) is 3.01. The van der Waals surface area contributed by atoms with E-state index in [1.807, 2.05) is 26.2 Å². The number of hydrogen-bond acceptors (Lipinski definition) is 2. The van der Waals surface area contributed by atoms with Gasteiger partial charge in [-0.25, -0.2) is 5.01 Å². The van der Waals surface area contributed by atoms with Crippen molar-refractivity contribution in [3.63, 3.8) is 0 Å². The fourth-order valence-corrected chi connectivity index (χ4v) is 0.581. The van der Waals surface area contributed by atoms with Gasteiger partial charge in [0.1, 0.15) is 0 Å². The van der Waals surface area contributed by atoms with Crippen molar-refractivity contribution in [1.29, 1.82) is 0 Å². The Kier molecular flexibility index (Phi) is 6.88. The van der Waals surface area contributed by atoms with Crippen LogP contribution in [0.1, 0.15) is 26.2 Å². The second kappa shape index (κ2) is 7.53. The van der Waals surface area contributed by atoms with Gasteiger partial charge >= 0.3 is 0 Å². The minimum absolute atomic E-state index is 0.955. The molecule has 0 aliphatic carbocycles. The highest BCUT2D eigenvalue weighted by molar-refractivity contribution is 5.24. The molecule has 2 nitrogen and oxygen atoms in total. The van der Waals surface area contributed by atoms with Crippen LogP contribution in [-0.4, -0.2) is 31.2 Å². The molecule has 72 valence electrons. The summed E-state index contributed by atoms with van der Waals surface area (Å²) in [7, 11) is 5.79. The predicted octanol–water partition coefficient (Wildman–Crippen LogP) is 1.55. The number of rotatable bonds is 3. The Morgan fingerprint density at radius 2 is 1.77 bits per heavy atom. The maximum absolute atomic E-state index is 3.01. The average molecular weight is 178 g/mol. The molecule has 0 bridgehead atoms. The van der Waals surface area contributed by atoms with Crippen molar-refractivity contribution >= 4 is 0 Å². The van der Waals surface area contributed by atoms with Crippen LogP contribution in [0.25, 0.3) is 0 Å². The largest absolute Gasteiger partial charge is 0.267 e. The van der Waals surface area contributed by atoms with Gasteiger partial charge in [-0.2, -0.15) is 0 Å². The van der Waals surface area contributed by atoms with Crippen molar-refractivity contribution < 1.29 is 0 Å². The highest BCUT2D eigenvalue weighted by Crippen LogP contribution is 1.89. The number of hydrazine groups is 1. The van der Waals surface area contributed by atoms with Crippen LogP contribution in [0.3, 0.4) is 0 Å². The first kappa shape index (κ1) is 11.9. The van der Waals surface area contributed by atoms with Crippen molar-refractivity contribution in [2.75, 3.05) is 21.1 Å². The lowest BCUT2D eigenvalue weighted by Crippen LogP contribution is -2.28. The van der Waals surface area contributed by atoms with E-state index >= 15 is 0 Å². The first-order chi connectivity index (χ1) is 6.18. The lowest BCUT2D eigenvalue weighted by molar-refractivity contribution is 0.130. The molecule has 0 aromatic rings. The molecule has 0 N–H and O–H groups in total. The zero-order valence-corrected chi connectivity index (χ0v) is 9.02. The van der Waals surface area contributed by atoms with Crippen molar-refractivity contribution in [2.24, 2.45) is 0 Å². The lowest BCUT2D eigenvalue weighted by Gasteiger charge is -2.18. The molecule has 13 heavy (non-hydrogen) atoms. The Balaban J connectivity index is 3.75. The number of hydrogen-bond donors (Lipinski definition) is 0. The van der Waals surface area contributed by atoms with E-state index in [1.165, 1.54) is 6.42 Å². The summed E-state index contributed by atoms with van der Waals surface area (Å²) in [5, 5.41) is 3.70. The van der Waals surface area contributed by atoms with Gasteiger partial charge in [0.15, 0.2) is 0 Å². The van der Waals surface area contributed by atoms with E-state index in [9.17, 15) is 0 Å². The molecule has 0 fully saturated rings. The maximum atomic E-state index is 3.01. The SMILES string of the molecule is CCCCC#CC#CN(C)N(C)C. The molecule has 0 radical (unpaired) electrons. The summed E-state index contributed by atoms with van der Waals surface area (Å²) in [6, 6.07) is 2.89. The molecule has 2 heteroatoms. The number of nitrogens with zero attached hydrogens (tertiary/aromatic N) is 2. The predicted molar refractivity (Wildman–Crippen MR) is 56.5 cm³/mol. The third-order valence-corrected chi connectivity index (χ3v) is 1.62. The van der Waals surface area contributed by atoms with Crippen molar-refractivity contribution in [1.82, 2.24) is 10.0 Å². The van der Waals surface area contributed by atoms with E-state index in [4.69, 9.17) is 0 Å². The molecule has 0 heterocycles. The third-order valence-electron chi connectivity index (χ3n) is 1.62. The van der Waals surface area contributed by atoms with Crippen LogP contribution >= 0.6 is 0 Å². The van der Waals surface area contributed by atoms with Crippen LogP contribution in [-0.2, 0) is 0 Å². The summed E-state index contributed by atoms with van der Waals surface area (Å²) in [6.07, 6.45) is 3.31. The molecule has 0 rings (SSSR count). The molecule has 0 aromatic carbocycles. The highest BCUT2D eigenvalue weighted by Gasteiger charge is 1.88. The van der Waals surface area contributed by atoms with Gasteiger partial charge in [-0.15, -0.1) is 0 Å². The molecule has 0 amide bonds. The third kappa shape index (κ3) is 7.25. The second-order valence-electron chi connectivity index (χ2n) is 3.01. The Labute approximate surface area is 81.9 Å². The van der Waals surface area contributed by atoms with Crippen LogP contribution in [0.5, 0.6) is 0 Å². The molecule has 0 aliphatic heterocycles. The molecule has 0 saturated carbocycles. The Morgan fingerprint density at radius 3 is 2.31 bits per heavy atom. The summed E-state index contributed by atoms with van der Waals surface area (Å²) in [6.45, 7) is 2.16. The van der Waals surface area contributed by atoms with Crippen LogP contribution in [0.4, 0.5) is 0 Å². The van der Waals surface area contributed by atoms with Crippen molar-refractivity contribution in [2.45, 2.75) is 26.2 Å². The zero-order chi connectivity index (χ0) is 10.1. The highest BCUT2D eigenvalue weighted by atomic mass is 15.6. The van der Waals surface area contributed by atoms with Gasteiger partial charge < -0.3 is 0 Å². The topological polar surface area (TPSA) is 6.48 Å². The smallest absolute Gasteiger partial charge is 0.0374 e. The fraction of sp³-hybridized carbons (Fsp3) is 0.636. The van der Waals surface area contributed by atoms with E-state index in [1.54, 1.807) is 5.01 Å². The zero-order valence-electron chi connectivity index (χ0n) is 9.02. The molecule has 0 atom stereocenters. The summed E-state index contributed by atoms with van der Waals surface area (Å²) < 4.78 is 0. The van der Waals surface area contributed by atoms with E-state index in [2.05, 4.69) is 30.7 Å². The quantitative estimate of drug-likeness (QED) is 0.280. The van der Waals surface area contributed by atoms with E-state index in [0.717, 1.165) is 12.8 Å². The van der Waals surface area contributed by atoms with Crippen molar-refractivity contribution in [3.05, 3.63) is 0 Å². The van der Waals surface area contributed by atoms with E-state index in [-0.39, 0.29) is 0 Å². The molecular formula is C11H18N2. The van der Waals surface area contributed by atoms with Gasteiger partial charge in [0, 0.05) is 39.5 Å². The maximum Gasteiger partial charge on any atom is 0.0374 e. The molecular weight excluding hydrogens is 160 g/mol. The lowest BCUT2D eigenvalue weighted by atomic mass is 10.2. The number of unbranched alkanes of at least 4 members (excludes halogenated alkanes) is 2. The van der Waals surface area contributed by atoms with Gasteiger partial charge in [-0.05, 0) is 12.3 Å². The Morgan fingerprint density at radius 1 is 1.08 bits per heavy atom. The molecule has 0 saturated heterocycles. The van der Waals surface area contributed by atoms with E-state index in [0.29, 0.717) is 0 Å². The Hall–Kier alpha value is -1.12. The normalized spacial score (nSPS) is 8.38. The fourth-order valence-electron chi connectivity index (χ4n) is 0.581. The Bertz CT molecular complexity index is 234. The molecule has 0 aliphatic rings. The van der Waals surface area contributed by atoms with Gasteiger partial charge in [-0.3, -0.25) is 5.01 Å². The van der Waals surface area contributed by atoms with E-state index < -0.39 is 0 Å². The molecule has 0 spiro atoms. The minimum atomic E-state index is 0.955.